The highest BCUT2D eigenvalue weighted by Gasteiger charge is 2.52. The van der Waals surface area contributed by atoms with E-state index in [0.29, 0.717) is 37.6 Å². The molecule has 1 aromatic carbocycles. The second kappa shape index (κ2) is 11.9. The van der Waals surface area contributed by atoms with Crippen molar-refractivity contribution in [2.75, 3.05) is 51.1 Å². The molecule has 11 nitrogen and oxygen atoms in total. The SMILES string of the molecule is CC(C)(N)C(=O)N1CCN(C(=O)Nc2ccn(-c3ccc(CCN4CCC5(CC4)CC5N)cc3)c(=O)n2)CC1.Cl. The number of carbonyl (C=O) groups is 2. The van der Waals surface area contributed by atoms with Crippen LogP contribution in [0.4, 0.5) is 10.6 Å². The largest absolute Gasteiger partial charge is 0.354 e. The maximum Gasteiger partial charge on any atom is 0.354 e. The Labute approximate surface area is 241 Å². The van der Waals surface area contributed by atoms with Crippen LogP contribution in [0.2, 0.25) is 0 Å². The van der Waals surface area contributed by atoms with Crippen molar-refractivity contribution in [3.8, 4) is 5.69 Å². The van der Waals surface area contributed by atoms with Gasteiger partial charge >= 0.3 is 11.7 Å². The molecule has 5 rings (SSSR count). The quantitative estimate of drug-likeness (QED) is 0.475. The van der Waals surface area contributed by atoms with Gasteiger partial charge in [0.2, 0.25) is 5.91 Å². The Balaban J connectivity index is 0.00000370. The van der Waals surface area contributed by atoms with Gasteiger partial charge in [0.25, 0.3) is 0 Å². The number of nitrogens with one attached hydrogen (secondary N) is 1. The lowest BCUT2D eigenvalue weighted by Gasteiger charge is -2.37. The van der Waals surface area contributed by atoms with E-state index in [2.05, 4.69) is 27.3 Å². The number of likely N-dealkylation sites (tertiary alicyclic amines) is 1. The van der Waals surface area contributed by atoms with E-state index in [-0.39, 0.29) is 30.2 Å². The van der Waals surface area contributed by atoms with Crippen molar-refractivity contribution < 1.29 is 9.59 Å². The molecular formula is C28H41ClN8O3. The standard InChI is InChI=1S/C28H40N8O3.ClH/c1-27(2,30)24(37)34-15-17-35(18-16-34)25(38)31-23-8-12-36(26(39)32-23)21-5-3-20(4-6-21)7-11-33-13-9-28(10-14-33)19-22(28)29;/h3-6,8,12,22H,7,9-11,13-19,29-30H2,1-2H3,(H,31,32,38,39);1H. The Bertz CT molecular complexity index is 1260. The predicted molar refractivity (Wildman–Crippen MR) is 157 cm³/mol. The van der Waals surface area contributed by atoms with Crippen LogP contribution in [0.15, 0.2) is 41.3 Å². The first kappa shape index (κ1) is 30.0. The zero-order valence-electron chi connectivity index (χ0n) is 23.3. The summed E-state index contributed by atoms with van der Waals surface area (Å²) in [4.78, 5) is 47.6. The van der Waals surface area contributed by atoms with Gasteiger partial charge in [-0.15, -0.1) is 12.4 Å². The highest BCUT2D eigenvalue weighted by atomic mass is 35.5. The number of hydrogen-bond donors (Lipinski definition) is 3. The molecule has 2 saturated heterocycles. The minimum Gasteiger partial charge on any atom is -0.338 e. The molecule has 12 heteroatoms. The highest BCUT2D eigenvalue weighted by molar-refractivity contribution is 5.89. The van der Waals surface area contributed by atoms with Crippen molar-refractivity contribution in [2.45, 2.75) is 51.1 Å². The van der Waals surface area contributed by atoms with Gasteiger partial charge in [-0.3, -0.25) is 14.7 Å². The molecule has 3 amide bonds. The van der Waals surface area contributed by atoms with Crippen LogP contribution in [0.5, 0.6) is 0 Å². The molecule has 40 heavy (non-hydrogen) atoms. The smallest absolute Gasteiger partial charge is 0.338 e. The number of nitrogens with zero attached hydrogens (tertiary/aromatic N) is 5. The maximum atomic E-state index is 12.7. The van der Waals surface area contributed by atoms with Crippen LogP contribution in [0.25, 0.3) is 5.69 Å². The van der Waals surface area contributed by atoms with E-state index in [1.54, 1.807) is 35.9 Å². The summed E-state index contributed by atoms with van der Waals surface area (Å²) in [6.45, 7) is 8.19. The predicted octanol–water partition coefficient (Wildman–Crippen LogP) is 1.42. The number of nitrogens with two attached hydrogens (primary N) is 2. The number of benzene rings is 1. The second-order valence-corrected chi connectivity index (χ2v) is 11.8. The lowest BCUT2D eigenvalue weighted by Crippen LogP contribution is -2.58. The molecule has 3 fully saturated rings. The molecule has 3 heterocycles. The van der Waals surface area contributed by atoms with Gasteiger partial charge in [-0.1, -0.05) is 12.1 Å². The second-order valence-electron chi connectivity index (χ2n) is 11.8. The molecule has 1 aliphatic carbocycles. The molecule has 1 atom stereocenters. The molecule has 3 aliphatic rings. The van der Waals surface area contributed by atoms with Gasteiger partial charge in [0.05, 0.1) is 11.2 Å². The summed E-state index contributed by atoms with van der Waals surface area (Å²) in [6, 6.07) is 9.62. The Morgan fingerprint density at radius 1 is 1.02 bits per heavy atom. The molecule has 1 unspecified atom stereocenters. The number of amides is 3. The van der Waals surface area contributed by atoms with Crippen LogP contribution in [-0.2, 0) is 11.2 Å². The Kier molecular flexibility index (Phi) is 8.89. The van der Waals surface area contributed by atoms with Crippen LogP contribution in [0.3, 0.4) is 0 Å². The van der Waals surface area contributed by atoms with Crippen LogP contribution < -0.4 is 22.5 Å². The third kappa shape index (κ3) is 6.65. The van der Waals surface area contributed by atoms with Crippen LogP contribution >= 0.6 is 12.4 Å². The number of urea groups is 1. The molecule has 1 saturated carbocycles. The van der Waals surface area contributed by atoms with Crippen LogP contribution in [0.1, 0.15) is 38.7 Å². The first-order valence-electron chi connectivity index (χ1n) is 13.9. The molecule has 5 N–H and O–H groups in total. The average Bonchev–Trinajstić information content (AvgIpc) is 3.55. The summed E-state index contributed by atoms with van der Waals surface area (Å²) in [5, 5.41) is 2.70. The van der Waals surface area contributed by atoms with Crippen molar-refractivity contribution in [3.05, 3.63) is 52.6 Å². The van der Waals surface area contributed by atoms with Gasteiger partial charge in [0.15, 0.2) is 0 Å². The summed E-state index contributed by atoms with van der Waals surface area (Å²) in [7, 11) is 0. The topological polar surface area (TPSA) is 143 Å². The van der Waals surface area contributed by atoms with Gasteiger partial charge in [0.1, 0.15) is 5.82 Å². The fraction of sp³-hybridized carbons (Fsp3) is 0.571. The first-order chi connectivity index (χ1) is 18.5. The maximum absolute atomic E-state index is 12.7. The van der Waals surface area contributed by atoms with E-state index in [0.717, 1.165) is 31.7 Å². The third-order valence-corrected chi connectivity index (χ3v) is 8.48. The number of aromatic nitrogens is 2. The zero-order chi connectivity index (χ0) is 27.8. The fourth-order valence-corrected chi connectivity index (χ4v) is 5.66. The first-order valence-corrected chi connectivity index (χ1v) is 13.9. The Hall–Kier alpha value is -2.99. The van der Waals surface area contributed by atoms with Crippen molar-refractivity contribution in [1.29, 1.82) is 0 Å². The summed E-state index contributed by atoms with van der Waals surface area (Å²) in [6.07, 6.45) is 6.20. The lowest BCUT2D eigenvalue weighted by atomic mass is 9.92. The fourth-order valence-electron chi connectivity index (χ4n) is 5.66. The molecule has 0 radical (unpaired) electrons. The van der Waals surface area contributed by atoms with Crippen molar-refractivity contribution in [2.24, 2.45) is 16.9 Å². The minimum atomic E-state index is -0.944. The summed E-state index contributed by atoms with van der Waals surface area (Å²) >= 11 is 0. The van der Waals surface area contributed by atoms with Gasteiger partial charge in [-0.05, 0) is 81.8 Å². The van der Waals surface area contributed by atoms with Gasteiger partial charge in [-0.2, -0.15) is 4.98 Å². The number of piperazine rings is 1. The number of anilines is 1. The van der Waals surface area contributed by atoms with Crippen molar-refractivity contribution in [3.63, 3.8) is 0 Å². The normalized spacial score (nSPS) is 20.6. The molecule has 1 aromatic heterocycles. The van der Waals surface area contributed by atoms with Gasteiger partial charge in [-0.25, -0.2) is 9.59 Å². The monoisotopic (exact) mass is 572 g/mol. The number of halogens is 1. The molecule has 2 aromatic rings. The van der Waals surface area contributed by atoms with E-state index >= 15 is 0 Å². The third-order valence-electron chi connectivity index (χ3n) is 8.48. The van der Waals surface area contributed by atoms with E-state index in [4.69, 9.17) is 11.5 Å². The van der Waals surface area contributed by atoms with Crippen LogP contribution in [0, 0.1) is 5.41 Å². The van der Waals surface area contributed by atoms with Crippen molar-refractivity contribution >= 4 is 30.2 Å². The van der Waals surface area contributed by atoms with E-state index in [9.17, 15) is 14.4 Å². The lowest BCUT2D eigenvalue weighted by molar-refractivity contribution is -0.137. The zero-order valence-corrected chi connectivity index (χ0v) is 24.2. The summed E-state index contributed by atoms with van der Waals surface area (Å²) in [5.74, 6) is 0.0507. The van der Waals surface area contributed by atoms with Gasteiger partial charge < -0.3 is 26.2 Å². The molecular weight excluding hydrogens is 532 g/mol. The molecule has 2 aliphatic heterocycles. The van der Waals surface area contributed by atoms with Crippen molar-refractivity contribution in [1.82, 2.24) is 24.3 Å². The number of hydrogen-bond acceptors (Lipinski definition) is 7. The van der Waals surface area contributed by atoms with E-state index < -0.39 is 11.2 Å². The van der Waals surface area contributed by atoms with Gasteiger partial charge in [0, 0.05) is 45.0 Å². The minimum absolute atomic E-state index is 0. The molecule has 1 spiro atoms. The summed E-state index contributed by atoms with van der Waals surface area (Å²) < 4.78 is 1.46. The number of carbonyl (C=O) groups excluding carboxylic acids is 2. The molecule has 218 valence electrons. The molecule has 0 bridgehead atoms. The highest BCUT2D eigenvalue weighted by Crippen LogP contribution is 2.52. The van der Waals surface area contributed by atoms with E-state index in [1.165, 1.54) is 29.4 Å². The average molecular weight is 573 g/mol. The number of rotatable bonds is 6. The number of piperidine rings is 1. The Morgan fingerprint density at radius 3 is 2.17 bits per heavy atom. The van der Waals surface area contributed by atoms with Crippen LogP contribution in [-0.4, -0.2) is 93.6 Å². The van der Waals surface area contributed by atoms with E-state index in [1.807, 2.05) is 12.1 Å². The summed E-state index contributed by atoms with van der Waals surface area (Å²) in [5.41, 5.74) is 13.0. The Morgan fingerprint density at radius 2 is 1.62 bits per heavy atom.